The molecule has 0 atom stereocenters. The zero-order valence-corrected chi connectivity index (χ0v) is 16.9. The van der Waals surface area contributed by atoms with Crippen LogP contribution >= 0.6 is 24.0 Å². The first-order valence-corrected chi connectivity index (χ1v) is 8.13. The van der Waals surface area contributed by atoms with Gasteiger partial charge in [-0.3, -0.25) is 14.5 Å². The first-order chi connectivity index (χ1) is 12.3. The molecular weight excluding hydrogens is 441 g/mol. The zero-order chi connectivity index (χ0) is 17.3. The fourth-order valence-electron chi connectivity index (χ4n) is 2.33. The van der Waals surface area contributed by atoms with Crippen LogP contribution in [0.2, 0.25) is 0 Å². The third-order valence-electron chi connectivity index (χ3n) is 3.66. The number of halogens is 1. The Morgan fingerprint density at radius 1 is 1.12 bits per heavy atom. The van der Waals surface area contributed by atoms with E-state index in [1.54, 1.807) is 19.6 Å². The zero-order valence-electron chi connectivity index (χ0n) is 14.5. The molecule has 3 aromatic heterocycles. The molecule has 3 rings (SSSR count). The number of rotatable bonds is 6. The van der Waals surface area contributed by atoms with Crippen LogP contribution in [0.5, 0.6) is 0 Å². The molecule has 26 heavy (non-hydrogen) atoms. The molecule has 0 fully saturated rings. The van der Waals surface area contributed by atoms with E-state index in [1.807, 2.05) is 53.5 Å². The Morgan fingerprint density at radius 3 is 2.69 bits per heavy atom. The van der Waals surface area contributed by atoms with Crippen LogP contribution in [0.3, 0.4) is 0 Å². The summed E-state index contributed by atoms with van der Waals surface area (Å²) in [6.45, 7) is 1.43. The normalized spacial score (nSPS) is 10.9. The average molecular weight is 463 g/mol. The second kappa shape index (κ2) is 10.5. The molecule has 0 aliphatic rings. The number of hydrogen-bond donors (Lipinski definition) is 2. The van der Waals surface area contributed by atoms with Crippen molar-refractivity contribution in [3.63, 3.8) is 0 Å². The number of pyridine rings is 2. The highest BCUT2D eigenvalue weighted by Crippen LogP contribution is 2.05. The number of nitrogens with zero attached hydrogens (tertiary/aromatic N) is 5. The van der Waals surface area contributed by atoms with Gasteiger partial charge in [0.25, 0.3) is 0 Å². The van der Waals surface area contributed by atoms with E-state index in [0.29, 0.717) is 6.54 Å². The number of hydrogen-bond acceptors (Lipinski definition) is 4. The van der Waals surface area contributed by atoms with Gasteiger partial charge in [0, 0.05) is 57.0 Å². The largest absolute Gasteiger partial charge is 0.356 e. The molecule has 7 nitrogen and oxygen atoms in total. The van der Waals surface area contributed by atoms with Crippen LogP contribution < -0.4 is 10.6 Å². The van der Waals surface area contributed by atoms with E-state index in [0.717, 1.165) is 36.0 Å². The second-order valence-electron chi connectivity index (χ2n) is 5.42. The molecule has 0 aliphatic heterocycles. The monoisotopic (exact) mass is 463 g/mol. The van der Waals surface area contributed by atoms with E-state index in [1.165, 1.54) is 0 Å². The molecule has 0 spiro atoms. The Morgan fingerprint density at radius 2 is 2.04 bits per heavy atom. The topological polar surface area (TPSA) is 80.0 Å². The SMILES string of the molecule is CN=C(NCCc1ccccn1)NCc1ccc(-n2ccnc2)nc1.I. The molecule has 136 valence electrons. The Labute approximate surface area is 170 Å². The van der Waals surface area contributed by atoms with Gasteiger partial charge in [-0.25, -0.2) is 9.97 Å². The van der Waals surface area contributed by atoms with Crippen molar-refractivity contribution < 1.29 is 0 Å². The molecule has 8 heteroatoms. The molecule has 0 saturated heterocycles. The quantitative estimate of drug-likeness (QED) is 0.333. The lowest BCUT2D eigenvalue weighted by Gasteiger charge is -2.12. The molecule has 0 radical (unpaired) electrons. The van der Waals surface area contributed by atoms with Crippen molar-refractivity contribution in [2.24, 2.45) is 4.99 Å². The van der Waals surface area contributed by atoms with Crippen molar-refractivity contribution in [3.05, 3.63) is 72.7 Å². The van der Waals surface area contributed by atoms with E-state index in [9.17, 15) is 0 Å². The lowest BCUT2D eigenvalue weighted by atomic mass is 10.2. The van der Waals surface area contributed by atoms with Gasteiger partial charge in [-0.15, -0.1) is 24.0 Å². The standard InChI is InChI=1S/C18H21N7.HI/c1-19-18(22-9-7-16-4-2-3-8-21-16)24-13-15-5-6-17(23-12-15)25-11-10-20-14-25;/h2-6,8,10-12,14H,7,9,13H2,1H3,(H2,19,22,24);1H. The van der Waals surface area contributed by atoms with Gasteiger partial charge < -0.3 is 10.6 Å². The number of nitrogens with one attached hydrogen (secondary N) is 2. The molecule has 3 aromatic rings. The summed E-state index contributed by atoms with van der Waals surface area (Å²) in [6.07, 6.45) is 9.84. The van der Waals surface area contributed by atoms with E-state index in [4.69, 9.17) is 0 Å². The summed E-state index contributed by atoms with van der Waals surface area (Å²) in [5.41, 5.74) is 2.14. The third-order valence-corrected chi connectivity index (χ3v) is 3.66. The van der Waals surface area contributed by atoms with Crippen LogP contribution in [-0.4, -0.2) is 39.1 Å². The van der Waals surface area contributed by atoms with Crippen molar-refractivity contribution >= 4 is 29.9 Å². The van der Waals surface area contributed by atoms with Gasteiger partial charge in [0.05, 0.1) is 0 Å². The summed E-state index contributed by atoms with van der Waals surface area (Å²) in [5, 5.41) is 6.57. The first-order valence-electron chi connectivity index (χ1n) is 8.13. The Bertz CT molecular complexity index is 786. The van der Waals surface area contributed by atoms with Gasteiger partial charge in [0.1, 0.15) is 12.1 Å². The van der Waals surface area contributed by atoms with Crippen molar-refractivity contribution in [1.29, 1.82) is 0 Å². The summed E-state index contributed by atoms with van der Waals surface area (Å²) < 4.78 is 1.87. The maximum atomic E-state index is 4.44. The average Bonchev–Trinajstić information content (AvgIpc) is 3.20. The summed E-state index contributed by atoms with van der Waals surface area (Å²) in [4.78, 5) is 17.0. The number of aliphatic imine (C=N–C) groups is 1. The summed E-state index contributed by atoms with van der Waals surface area (Å²) in [7, 11) is 1.76. The lowest BCUT2D eigenvalue weighted by molar-refractivity contribution is 0.782. The van der Waals surface area contributed by atoms with Gasteiger partial charge in [-0.1, -0.05) is 12.1 Å². The van der Waals surface area contributed by atoms with Crippen LogP contribution in [0.4, 0.5) is 0 Å². The molecule has 0 bridgehead atoms. The maximum Gasteiger partial charge on any atom is 0.191 e. The number of imidazole rings is 1. The highest BCUT2D eigenvalue weighted by molar-refractivity contribution is 14.0. The molecular formula is C18H22IN7. The lowest BCUT2D eigenvalue weighted by Crippen LogP contribution is -2.37. The maximum absolute atomic E-state index is 4.44. The van der Waals surface area contributed by atoms with Crippen molar-refractivity contribution in [1.82, 2.24) is 30.2 Å². The predicted octanol–water partition coefficient (Wildman–Crippen LogP) is 2.19. The third kappa shape index (κ3) is 5.80. The van der Waals surface area contributed by atoms with Gasteiger partial charge >= 0.3 is 0 Å². The molecule has 0 unspecified atom stereocenters. The van der Waals surface area contributed by atoms with Crippen LogP contribution in [0.15, 0.2) is 66.4 Å². The summed E-state index contributed by atoms with van der Waals surface area (Å²) in [6, 6.07) is 9.94. The minimum absolute atomic E-state index is 0. The highest BCUT2D eigenvalue weighted by Gasteiger charge is 2.01. The van der Waals surface area contributed by atoms with Crippen molar-refractivity contribution in [2.75, 3.05) is 13.6 Å². The number of guanidine groups is 1. The van der Waals surface area contributed by atoms with E-state index in [2.05, 4.69) is 30.6 Å². The Kier molecular flexibility index (Phi) is 8.00. The summed E-state index contributed by atoms with van der Waals surface area (Å²) >= 11 is 0. The summed E-state index contributed by atoms with van der Waals surface area (Å²) in [5.74, 6) is 1.61. The molecule has 0 aliphatic carbocycles. The minimum Gasteiger partial charge on any atom is -0.356 e. The molecule has 0 aromatic carbocycles. The molecule has 2 N–H and O–H groups in total. The fourth-order valence-corrected chi connectivity index (χ4v) is 2.33. The van der Waals surface area contributed by atoms with Crippen LogP contribution in [0, 0.1) is 0 Å². The Balaban J connectivity index is 0.00000243. The highest BCUT2D eigenvalue weighted by atomic mass is 127. The van der Waals surface area contributed by atoms with Crippen molar-refractivity contribution in [2.45, 2.75) is 13.0 Å². The van der Waals surface area contributed by atoms with Gasteiger partial charge in [0.15, 0.2) is 5.96 Å². The second-order valence-corrected chi connectivity index (χ2v) is 5.42. The van der Waals surface area contributed by atoms with E-state index >= 15 is 0 Å². The van der Waals surface area contributed by atoms with Gasteiger partial charge in [0.2, 0.25) is 0 Å². The van der Waals surface area contributed by atoms with E-state index < -0.39 is 0 Å². The van der Waals surface area contributed by atoms with Gasteiger partial charge in [-0.2, -0.15) is 0 Å². The molecule has 0 saturated carbocycles. The first kappa shape index (κ1) is 19.8. The molecule has 0 amide bonds. The number of aromatic nitrogens is 4. The molecule has 3 heterocycles. The van der Waals surface area contributed by atoms with Gasteiger partial charge in [-0.05, 0) is 23.8 Å². The predicted molar refractivity (Wildman–Crippen MR) is 113 cm³/mol. The van der Waals surface area contributed by atoms with Crippen LogP contribution in [-0.2, 0) is 13.0 Å². The minimum atomic E-state index is 0. The Hall–Kier alpha value is -2.49. The smallest absolute Gasteiger partial charge is 0.191 e. The van der Waals surface area contributed by atoms with Crippen molar-refractivity contribution in [3.8, 4) is 5.82 Å². The fraction of sp³-hybridized carbons (Fsp3) is 0.222. The van der Waals surface area contributed by atoms with Crippen LogP contribution in [0.25, 0.3) is 5.82 Å². The van der Waals surface area contributed by atoms with E-state index in [-0.39, 0.29) is 24.0 Å². The van der Waals surface area contributed by atoms with Crippen LogP contribution in [0.1, 0.15) is 11.3 Å².